The maximum absolute atomic E-state index is 13.4. The Bertz CT molecular complexity index is 365. The van der Waals surface area contributed by atoms with Gasteiger partial charge in [0.15, 0.2) is 0 Å². The predicted octanol–water partition coefficient (Wildman–Crippen LogP) is 3.17. The van der Waals surface area contributed by atoms with E-state index >= 15 is 0 Å². The van der Waals surface area contributed by atoms with Crippen LogP contribution in [0.2, 0.25) is 5.02 Å². The molecule has 0 radical (unpaired) electrons. The van der Waals surface area contributed by atoms with Crippen LogP contribution in [0.15, 0.2) is 30.9 Å². The van der Waals surface area contributed by atoms with Gasteiger partial charge in [0.2, 0.25) is 0 Å². The van der Waals surface area contributed by atoms with Gasteiger partial charge in [-0.1, -0.05) is 24.6 Å². The van der Waals surface area contributed by atoms with Crippen molar-refractivity contribution in [3.63, 3.8) is 0 Å². The number of nitrogens with two attached hydrogens (primary N) is 1. The zero-order chi connectivity index (χ0) is 11.5. The van der Waals surface area contributed by atoms with Gasteiger partial charge in [-0.3, -0.25) is 0 Å². The lowest BCUT2D eigenvalue weighted by Crippen LogP contribution is -2.27. The molecule has 1 aromatic carbocycles. The van der Waals surface area contributed by atoms with Crippen molar-refractivity contribution < 1.29 is 4.39 Å². The van der Waals surface area contributed by atoms with E-state index in [1.807, 2.05) is 6.92 Å². The van der Waals surface area contributed by atoms with E-state index < -0.39 is 0 Å². The number of rotatable bonds is 4. The topological polar surface area (TPSA) is 26.0 Å². The first-order chi connectivity index (χ1) is 7.00. The molecule has 0 heterocycles. The van der Waals surface area contributed by atoms with Gasteiger partial charge in [-0.25, -0.2) is 4.39 Å². The molecule has 2 N–H and O–H groups in total. The summed E-state index contributed by atoms with van der Waals surface area (Å²) in [5.74, 6) is -0.249. The molecule has 15 heavy (non-hydrogen) atoms. The first-order valence-corrected chi connectivity index (χ1v) is 5.16. The van der Waals surface area contributed by atoms with Crippen LogP contribution in [0.4, 0.5) is 4.39 Å². The van der Waals surface area contributed by atoms with Gasteiger partial charge in [-0.15, -0.1) is 6.58 Å². The zero-order valence-electron chi connectivity index (χ0n) is 8.76. The van der Waals surface area contributed by atoms with Gasteiger partial charge < -0.3 is 5.73 Å². The summed E-state index contributed by atoms with van der Waals surface area (Å²) in [6.45, 7) is 6.09. The van der Waals surface area contributed by atoms with Crippen LogP contribution in [0.25, 0.3) is 0 Å². The van der Waals surface area contributed by atoms with Crippen LogP contribution >= 0.6 is 11.6 Å². The second kappa shape index (κ2) is 4.77. The van der Waals surface area contributed by atoms with Crippen molar-refractivity contribution in [2.24, 2.45) is 11.1 Å². The molecule has 0 aliphatic heterocycles. The van der Waals surface area contributed by atoms with Gasteiger partial charge in [0, 0.05) is 17.0 Å². The molecule has 0 bridgehead atoms. The average Bonchev–Trinajstić information content (AvgIpc) is 2.23. The van der Waals surface area contributed by atoms with Gasteiger partial charge >= 0.3 is 0 Å². The van der Waals surface area contributed by atoms with Crippen molar-refractivity contribution in [3.05, 3.63) is 47.3 Å². The fourth-order valence-electron chi connectivity index (χ4n) is 1.34. The molecule has 0 amide bonds. The number of benzene rings is 1. The molecule has 1 aromatic rings. The SMILES string of the molecule is C=CC(C)(CN)Cc1cc(Cl)ccc1F. The van der Waals surface area contributed by atoms with Crippen LogP contribution in [-0.4, -0.2) is 6.54 Å². The monoisotopic (exact) mass is 227 g/mol. The van der Waals surface area contributed by atoms with E-state index in [0.29, 0.717) is 23.6 Å². The summed E-state index contributed by atoms with van der Waals surface area (Å²) in [6, 6.07) is 4.54. The Morgan fingerprint density at radius 1 is 1.60 bits per heavy atom. The highest BCUT2D eigenvalue weighted by molar-refractivity contribution is 6.30. The molecular formula is C12H15ClFN. The molecule has 82 valence electrons. The molecule has 3 heteroatoms. The van der Waals surface area contributed by atoms with Crippen molar-refractivity contribution in [1.82, 2.24) is 0 Å². The van der Waals surface area contributed by atoms with E-state index in [2.05, 4.69) is 6.58 Å². The Labute approximate surface area is 94.7 Å². The molecule has 0 aliphatic carbocycles. The second-order valence-corrected chi connectivity index (χ2v) is 4.41. The summed E-state index contributed by atoms with van der Waals surface area (Å²) in [5, 5.41) is 0.537. The Kier molecular flexibility index (Phi) is 3.89. The molecule has 0 saturated heterocycles. The van der Waals surface area contributed by atoms with E-state index in [4.69, 9.17) is 17.3 Å². The van der Waals surface area contributed by atoms with Crippen LogP contribution in [0.1, 0.15) is 12.5 Å². The first-order valence-electron chi connectivity index (χ1n) is 4.78. The third kappa shape index (κ3) is 3.05. The summed E-state index contributed by atoms with van der Waals surface area (Å²) in [4.78, 5) is 0. The van der Waals surface area contributed by atoms with Crippen molar-refractivity contribution in [2.45, 2.75) is 13.3 Å². The van der Waals surface area contributed by atoms with E-state index in [1.165, 1.54) is 12.1 Å². The second-order valence-electron chi connectivity index (χ2n) is 3.97. The number of halogens is 2. The van der Waals surface area contributed by atoms with Gasteiger partial charge in [0.05, 0.1) is 0 Å². The third-order valence-electron chi connectivity index (χ3n) is 2.56. The van der Waals surface area contributed by atoms with Crippen molar-refractivity contribution in [3.8, 4) is 0 Å². The minimum absolute atomic E-state index is 0.249. The molecule has 0 aromatic heterocycles. The molecule has 0 spiro atoms. The Morgan fingerprint density at radius 2 is 2.27 bits per heavy atom. The summed E-state index contributed by atoms with van der Waals surface area (Å²) >= 11 is 5.81. The van der Waals surface area contributed by atoms with Gasteiger partial charge in [0.25, 0.3) is 0 Å². The quantitative estimate of drug-likeness (QED) is 0.786. The lowest BCUT2D eigenvalue weighted by Gasteiger charge is -2.23. The summed E-state index contributed by atoms with van der Waals surface area (Å²) in [5.41, 5.74) is 5.92. The molecule has 1 unspecified atom stereocenters. The standard InChI is InChI=1S/C12H15ClFN/c1-3-12(2,8-15)7-9-6-10(13)4-5-11(9)14/h3-6H,1,7-8,15H2,2H3. The van der Waals surface area contributed by atoms with Crippen LogP contribution in [0.5, 0.6) is 0 Å². The molecule has 0 saturated carbocycles. The number of hydrogen-bond donors (Lipinski definition) is 1. The van der Waals surface area contributed by atoms with Crippen molar-refractivity contribution in [1.29, 1.82) is 0 Å². The predicted molar refractivity (Wildman–Crippen MR) is 62.5 cm³/mol. The summed E-state index contributed by atoms with van der Waals surface area (Å²) in [7, 11) is 0. The Balaban J connectivity index is 2.97. The maximum atomic E-state index is 13.4. The molecule has 1 atom stereocenters. The summed E-state index contributed by atoms with van der Waals surface area (Å²) < 4.78 is 13.4. The van der Waals surface area contributed by atoms with Crippen LogP contribution < -0.4 is 5.73 Å². The Hall–Kier alpha value is -0.860. The lowest BCUT2D eigenvalue weighted by molar-refractivity contribution is 0.428. The van der Waals surface area contributed by atoms with Gasteiger partial charge in [0.1, 0.15) is 5.82 Å². The van der Waals surface area contributed by atoms with Crippen LogP contribution in [-0.2, 0) is 6.42 Å². The molecule has 0 fully saturated rings. The van der Waals surface area contributed by atoms with Crippen LogP contribution in [0, 0.1) is 11.2 Å². The van der Waals surface area contributed by atoms with Gasteiger partial charge in [-0.05, 0) is 30.2 Å². The van der Waals surface area contributed by atoms with Crippen molar-refractivity contribution in [2.75, 3.05) is 6.54 Å². The average molecular weight is 228 g/mol. The van der Waals surface area contributed by atoms with Crippen molar-refractivity contribution >= 4 is 11.6 Å². The minimum atomic E-state index is -0.286. The number of hydrogen-bond acceptors (Lipinski definition) is 1. The highest BCUT2D eigenvalue weighted by atomic mass is 35.5. The normalized spacial score (nSPS) is 14.7. The minimum Gasteiger partial charge on any atom is -0.330 e. The lowest BCUT2D eigenvalue weighted by atomic mass is 9.84. The van der Waals surface area contributed by atoms with Crippen LogP contribution in [0.3, 0.4) is 0 Å². The first kappa shape index (κ1) is 12.2. The third-order valence-corrected chi connectivity index (χ3v) is 2.80. The largest absolute Gasteiger partial charge is 0.330 e. The zero-order valence-corrected chi connectivity index (χ0v) is 9.52. The molecule has 1 rings (SSSR count). The fourth-order valence-corrected chi connectivity index (χ4v) is 1.54. The fraction of sp³-hybridized carbons (Fsp3) is 0.333. The molecular weight excluding hydrogens is 213 g/mol. The van der Waals surface area contributed by atoms with E-state index in [9.17, 15) is 4.39 Å². The maximum Gasteiger partial charge on any atom is 0.126 e. The highest BCUT2D eigenvalue weighted by Gasteiger charge is 2.20. The van der Waals surface area contributed by atoms with E-state index in [0.717, 1.165) is 0 Å². The molecule has 0 aliphatic rings. The van der Waals surface area contributed by atoms with E-state index in [1.54, 1.807) is 12.1 Å². The Morgan fingerprint density at radius 3 is 2.80 bits per heavy atom. The van der Waals surface area contributed by atoms with Gasteiger partial charge in [-0.2, -0.15) is 0 Å². The summed E-state index contributed by atoms with van der Waals surface area (Å²) in [6.07, 6.45) is 2.27. The smallest absolute Gasteiger partial charge is 0.126 e. The highest BCUT2D eigenvalue weighted by Crippen LogP contribution is 2.25. The molecule has 1 nitrogen and oxygen atoms in total. The van der Waals surface area contributed by atoms with E-state index in [-0.39, 0.29) is 11.2 Å².